The number of hydrogen-bond acceptors (Lipinski definition) is 5. The molecule has 0 bridgehead atoms. The lowest BCUT2D eigenvalue weighted by Gasteiger charge is -2.34. The summed E-state index contributed by atoms with van der Waals surface area (Å²) < 4.78 is 5.64. The highest BCUT2D eigenvalue weighted by Crippen LogP contribution is 2.41. The predicted octanol–water partition coefficient (Wildman–Crippen LogP) is 5.74. The van der Waals surface area contributed by atoms with Gasteiger partial charge in [-0.25, -0.2) is 9.97 Å². The number of anilines is 1. The number of ether oxygens (including phenoxy) is 1. The van der Waals surface area contributed by atoms with Gasteiger partial charge in [0.05, 0.1) is 12.6 Å². The van der Waals surface area contributed by atoms with Gasteiger partial charge in [0, 0.05) is 30.9 Å². The molecule has 2 fully saturated rings. The first-order chi connectivity index (χ1) is 16.2. The number of piperidine rings is 1. The molecule has 5 rings (SSSR count). The fourth-order valence-corrected chi connectivity index (χ4v) is 5.22. The molecule has 2 aromatic carbocycles. The molecule has 1 aromatic heterocycles. The minimum Gasteiger partial charge on any atom is -0.496 e. The van der Waals surface area contributed by atoms with Crippen molar-refractivity contribution in [3.63, 3.8) is 0 Å². The van der Waals surface area contributed by atoms with Crippen molar-refractivity contribution in [1.29, 1.82) is 0 Å². The van der Waals surface area contributed by atoms with Crippen LogP contribution in [0.15, 0.2) is 42.5 Å². The summed E-state index contributed by atoms with van der Waals surface area (Å²) in [6.45, 7) is 6.33. The van der Waals surface area contributed by atoms with E-state index in [1.807, 2.05) is 0 Å². The summed E-state index contributed by atoms with van der Waals surface area (Å²) in [5.41, 5.74) is 3.77. The van der Waals surface area contributed by atoms with Crippen molar-refractivity contribution in [2.24, 2.45) is 0 Å². The van der Waals surface area contributed by atoms with Gasteiger partial charge in [0.25, 0.3) is 0 Å². The lowest BCUT2D eigenvalue weighted by Crippen LogP contribution is -2.34. The first-order valence-electron chi connectivity index (χ1n) is 12.5. The van der Waals surface area contributed by atoms with E-state index in [-0.39, 0.29) is 0 Å². The Hall–Kier alpha value is -2.66. The van der Waals surface area contributed by atoms with Crippen LogP contribution < -0.4 is 9.64 Å². The topological polar surface area (TPSA) is 41.5 Å². The van der Waals surface area contributed by atoms with E-state index < -0.39 is 0 Å². The number of para-hydroxylation sites is 1. The van der Waals surface area contributed by atoms with Crippen molar-refractivity contribution < 1.29 is 4.74 Å². The zero-order chi connectivity index (χ0) is 22.8. The summed E-state index contributed by atoms with van der Waals surface area (Å²) in [5, 5.41) is 1.21. The first kappa shape index (κ1) is 22.1. The second kappa shape index (κ2) is 9.68. The molecule has 0 unspecified atom stereocenters. The molecule has 0 N–H and O–H groups in total. The van der Waals surface area contributed by atoms with E-state index in [0.29, 0.717) is 11.8 Å². The number of fused-ring (bicyclic) bond motifs is 1. The SMILES string of the molecule is CCCN(C)Cc1ccc2nc(C3CC3)nc(N3CCC(c4ccccc4OC)CC3)c2c1. The molecule has 2 heterocycles. The molecule has 5 nitrogen and oxygen atoms in total. The molecule has 0 atom stereocenters. The Kier molecular flexibility index (Phi) is 6.50. The van der Waals surface area contributed by atoms with Crippen LogP contribution in [0.2, 0.25) is 0 Å². The standard InChI is InChI=1S/C28H36N4O/c1-4-15-31(2)19-20-9-12-25-24(18-20)28(30-27(29-25)22-10-11-22)32-16-13-21(14-17-32)23-7-5-6-8-26(23)33-3/h5-9,12,18,21-22H,4,10-11,13-17,19H2,1-3H3. The van der Waals surface area contributed by atoms with E-state index in [2.05, 4.69) is 66.2 Å². The van der Waals surface area contributed by atoms with Gasteiger partial charge in [0.15, 0.2) is 0 Å². The summed E-state index contributed by atoms with van der Waals surface area (Å²) in [7, 11) is 3.97. The molecule has 3 aromatic rings. The molecular formula is C28H36N4O. The summed E-state index contributed by atoms with van der Waals surface area (Å²) in [5.74, 6) is 4.28. The van der Waals surface area contributed by atoms with Gasteiger partial charge >= 0.3 is 0 Å². The van der Waals surface area contributed by atoms with Crippen molar-refractivity contribution in [1.82, 2.24) is 14.9 Å². The Morgan fingerprint density at radius 1 is 1.00 bits per heavy atom. The summed E-state index contributed by atoms with van der Waals surface area (Å²) in [6.07, 6.45) is 5.85. The largest absolute Gasteiger partial charge is 0.496 e. The van der Waals surface area contributed by atoms with Crippen molar-refractivity contribution in [2.75, 3.05) is 38.7 Å². The third-order valence-electron chi connectivity index (χ3n) is 7.13. The van der Waals surface area contributed by atoms with Gasteiger partial charge in [-0.1, -0.05) is 31.2 Å². The number of methoxy groups -OCH3 is 1. The zero-order valence-electron chi connectivity index (χ0n) is 20.3. The fraction of sp³-hybridized carbons (Fsp3) is 0.500. The number of aromatic nitrogens is 2. The fourth-order valence-electron chi connectivity index (χ4n) is 5.22. The number of nitrogens with zero attached hydrogens (tertiary/aromatic N) is 4. The van der Waals surface area contributed by atoms with E-state index in [1.54, 1.807) is 7.11 Å². The van der Waals surface area contributed by atoms with E-state index in [4.69, 9.17) is 14.7 Å². The van der Waals surface area contributed by atoms with E-state index in [1.165, 1.54) is 35.8 Å². The van der Waals surface area contributed by atoms with Crippen molar-refractivity contribution in [2.45, 2.75) is 57.4 Å². The minimum absolute atomic E-state index is 0.534. The minimum atomic E-state index is 0.534. The Morgan fingerprint density at radius 2 is 1.79 bits per heavy atom. The highest BCUT2D eigenvalue weighted by atomic mass is 16.5. The number of rotatable bonds is 8. The molecule has 1 saturated carbocycles. The second-order valence-electron chi connectivity index (χ2n) is 9.77. The maximum Gasteiger partial charge on any atom is 0.140 e. The molecule has 0 amide bonds. The molecule has 1 saturated heterocycles. The van der Waals surface area contributed by atoms with Gasteiger partial charge < -0.3 is 14.5 Å². The predicted molar refractivity (Wildman–Crippen MR) is 135 cm³/mol. The molecule has 0 spiro atoms. The van der Waals surface area contributed by atoms with Crippen LogP contribution in [0.5, 0.6) is 5.75 Å². The third-order valence-corrected chi connectivity index (χ3v) is 7.13. The lowest BCUT2D eigenvalue weighted by atomic mass is 9.88. The van der Waals surface area contributed by atoms with Crippen molar-refractivity contribution >= 4 is 16.7 Å². The Morgan fingerprint density at radius 3 is 2.52 bits per heavy atom. The van der Waals surface area contributed by atoms with Crippen LogP contribution in [0.4, 0.5) is 5.82 Å². The summed E-state index contributed by atoms with van der Waals surface area (Å²) >= 11 is 0. The lowest BCUT2D eigenvalue weighted by molar-refractivity contribution is 0.327. The zero-order valence-corrected chi connectivity index (χ0v) is 20.3. The molecule has 33 heavy (non-hydrogen) atoms. The Balaban J connectivity index is 1.42. The summed E-state index contributed by atoms with van der Waals surface area (Å²) in [4.78, 5) is 15.0. The van der Waals surface area contributed by atoms with Gasteiger partial charge in [-0.2, -0.15) is 0 Å². The van der Waals surface area contributed by atoms with E-state index in [9.17, 15) is 0 Å². The van der Waals surface area contributed by atoms with Gasteiger partial charge in [-0.3, -0.25) is 0 Å². The van der Waals surface area contributed by atoms with Crippen LogP contribution in [0.1, 0.15) is 67.8 Å². The molecule has 1 aliphatic carbocycles. The molecule has 5 heteroatoms. The van der Waals surface area contributed by atoms with Gasteiger partial charge in [0.2, 0.25) is 0 Å². The van der Waals surface area contributed by atoms with Crippen LogP contribution in [0, 0.1) is 0 Å². The molecular weight excluding hydrogens is 408 g/mol. The Labute approximate surface area is 197 Å². The van der Waals surface area contributed by atoms with Gasteiger partial charge in [-0.05, 0) is 80.9 Å². The van der Waals surface area contributed by atoms with Crippen LogP contribution in [0.3, 0.4) is 0 Å². The number of hydrogen-bond donors (Lipinski definition) is 0. The quantitative estimate of drug-likeness (QED) is 0.443. The van der Waals surface area contributed by atoms with Crippen molar-refractivity contribution in [3.8, 4) is 5.75 Å². The molecule has 174 valence electrons. The van der Waals surface area contributed by atoms with Crippen LogP contribution in [-0.4, -0.2) is 48.7 Å². The van der Waals surface area contributed by atoms with Crippen LogP contribution in [0.25, 0.3) is 10.9 Å². The third kappa shape index (κ3) is 4.84. The maximum atomic E-state index is 5.64. The molecule has 2 aliphatic rings. The highest BCUT2D eigenvalue weighted by molar-refractivity contribution is 5.90. The normalized spacial score (nSPS) is 17.2. The average molecular weight is 445 g/mol. The first-order valence-corrected chi connectivity index (χ1v) is 12.5. The van der Waals surface area contributed by atoms with E-state index in [0.717, 1.165) is 61.9 Å². The second-order valence-corrected chi connectivity index (χ2v) is 9.77. The summed E-state index contributed by atoms with van der Waals surface area (Å²) in [6, 6.07) is 15.3. The van der Waals surface area contributed by atoms with Gasteiger partial charge in [0.1, 0.15) is 17.4 Å². The maximum absolute atomic E-state index is 5.64. The smallest absolute Gasteiger partial charge is 0.140 e. The molecule has 0 radical (unpaired) electrons. The molecule has 1 aliphatic heterocycles. The average Bonchev–Trinajstić information content (AvgIpc) is 3.69. The van der Waals surface area contributed by atoms with Crippen LogP contribution >= 0.6 is 0 Å². The Bertz CT molecular complexity index is 1100. The van der Waals surface area contributed by atoms with Crippen LogP contribution in [-0.2, 0) is 6.54 Å². The van der Waals surface area contributed by atoms with Crippen molar-refractivity contribution in [3.05, 3.63) is 59.4 Å². The van der Waals surface area contributed by atoms with E-state index >= 15 is 0 Å². The highest BCUT2D eigenvalue weighted by Gasteiger charge is 2.30. The van der Waals surface area contributed by atoms with Gasteiger partial charge in [-0.15, -0.1) is 0 Å². The monoisotopic (exact) mass is 444 g/mol. The number of benzene rings is 2.